The summed E-state index contributed by atoms with van der Waals surface area (Å²) < 4.78 is 5.69. The topological polar surface area (TPSA) is 75.9 Å². The molecule has 0 atom stereocenters. The van der Waals surface area contributed by atoms with Gasteiger partial charge in [0.05, 0.1) is 19.8 Å². The van der Waals surface area contributed by atoms with E-state index in [1.54, 1.807) is 18.2 Å². The minimum Gasteiger partial charge on any atom is -0.489 e. The molecule has 0 saturated carbocycles. The largest absolute Gasteiger partial charge is 0.489 e. The molecular formula is C23H21Cl2N3O4S. The Morgan fingerprint density at radius 2 is 1.73 bits per heavy atom. The summed E-state index contributed by atoms with van der Waals surface area (Å²) in [5, 5.41) is 13.7. The quantitative estimate of drug-likeness (QED) is 0.313. The van der Waals surface area contributed by atoms with Crippen LogP contribution in [0.3, 0.4) is 0 Å². The van der Waals surface area contributed by atoms with Crippen LogP contribution in [-0.4, -0.2) is 46.8 Å². The normalized spacial score (nSPS) is 14.3. The summed E-state index contributed by atoms with van der Waals surface area (Å²) in [6, 6.07) is 13.4. The average molecular weight is 506 g/mol. The number of non-ortho nitro benzene ring substituents is 1. The van der Waals surface area contributed by atoms with Crippen molar-refractivity contribution < 1.29 is 14.5 Å². The molecule has 0 radical (unpaired) electrons. The molecule has 2 heterocycles. The fourth-order valence-corrected chi connectivity index (χ4v) is 4.74. The van der Waals surface area contributed by atoms with Crippen molar-refractivity contribution in [2.45, 2.75) is 13.2 Å². The Morgan fingerprint density at radius 1 is 1.00 bits per heavy atom. The lowest BCUT2D eigenvalue weighted by Gasteiger charge is -2.34. The minimum atomic E-state index is -0.451. The fraction of sp³-hybridized carbons (Fsp3) is 0.261. The van der Waals surface area contributed by atoms with Gasteiger partial charge in [-0.1, -0.05) is 29.3 Å². The third-order valence-electron chi connectivity index (χ3n) is 5.37. The summed E-state index contributed by atoms with van der Waals surface area (Å²) in [5.74, 6) is 0.563. The maximum Gasteiger partial charge on any atom is 0.269 e. The highest BCUT2D eigenvalue weighted by atomic mass is 35.5. The third kappa shape index (κ3) is 6.03. The van der Waals surface area contributed by atoms with Crippen molar-refractivity contribution in [2.75, 3.05) is 26.2 Å². The zero-order valence-corrected chi connectivity index (χ0v) is 19.9. The molecule has 4 rings (SSSR count). The predicted molar refractivity (Wildman–Crippen MR) is 129 cm³/mol. The second-order valence-corrected chi connectivity index (χ2v) is 9.40. The standard InChI is InChI=1S/C23H21Cl2N3O4S/c24-20-6-1-16(11-21(20)25)13-26-7-9-27(10-8-26)23(29)22-12-17(15-33-22)14-32-19-4-2-18(3-5-19)28(30)31/h1-6,11-12,15H,7-10,13-14H2. The maximum atomic E-state index is 12.9. The summed E-state index contributed by atoms with van der Waals surface area (Å²) in [7, 11) is 0. The van der Waals surface area contributed by atoms with E-state index >= 15 is 0 Å². The van der Waals surface area contributed by atoms with Gasteiger partial charge >= 0.3 is 0 Å². The van der Waals surface area contributed by atoms with Crippen molar-refractivity contribution in [3.05, 3.63) is 90.1 Å². The van der Waals surface area contributed by atoms with Gasteiger partial charge in [-0.05, 0) is 41.3 Å². The molecule has 0 bridgehead atoms. The van der Waals surface area contributed by atoms with E-state index in [4.69, 9.17) is 27.9 Å². The molecule has 10 heteroatoms. The van der Waals surface area contributed by atoms with E-state index in [9.17, 15) is 14.9 Å². The summed E-state index contributed by atoms with van der Waals surface area (Å²) in [6.07, 6.45) is 0. The Hall–Kier alpha value is -2.65. The number of benzene rings is 2. The van der Waals surface area contributed by atoms with Crippen LogP contribution in [0.1, 0.15) is 20.8 Å². The second kappa shape index (κ2) is 10.5. The number of rotatable bonds is 7. The van der Waals surface area contributed by atoms with Crippen LogP contribution in [0.2, 0.25) is 10.0 Å². The number of nitrogens with zero attached hydrogens (tertiary/aromatic N) is 3. The molecule has 3 aromatic rings. The molecule has 33 heavy (non-hydrogen) atoms. The Kier molecular flexibility index (Phi) is 7.49. The first-order valence-corrected chi connectivity index (χ1v) is 11.9. The lowest BCUT2D eigenvalue weighted by atomic mass is 10.2. The number of ether oxygens (including phenoxy) is 1. The molecular weight excluding hydrogens is 485 g/mol. The number of nitro benzene ring substituents is 1. The van der Waals surface area contributed by atoms with E-state index in [-0.39, 0.29) is 11.6 Å². The number of piperazine rings is 1. The lowest BCUT2D eigenvalue weighted by Crippen LogP contribution is -2.48. The zero-order valence-electron chi connectivity index (χ0n) is 17.6. The number of amides is 1. The Labute approximate surface area is 205 Å². The zero-order chi connectivity index (χ0) is 23.4. The minimum absolute atomic E-state index is 0.0165. The lowest BCUT2D eigenvalue weighted by molar-refractivity contribution is -0.384. The van der Waals surface area contributed by atoms with E-state index < -0.39 is 4.92 Å². The molecule has 0 spiro atoms. The Morgan fingerprint density at radius 3 is 2.39 bits per heavy atom. The number of carbonyl (C=O) groups is 1. The summed E-state index contributed by atoms with van der Waals surface area (Å²) in [5.41, 5.74) is 2.00. The predicted octanol–water partition coefficient (Wildman–Crippen LogP) is 5.50. The molecule has 0 unspecified atom stereocenters. The van der Waals surface area contributed by atoms with Gasteiger partial charge < -0.3 is 9.64 Å². The van der Waals surface area contributed by atoms with Crippen LogP contribution in [0.5, 0.6) is 5.75 Å². The molecule has 1 aliphatic rings. The van der Waals surface area contributed by atoms with E-state index in [1.165, 1.54) is 23.5 Å². The Bertz CT molecular complexity index is 1140. The van der Waals surface area contributed by atoms with Crippen molar-refractivity contribution in [3.8, 4) is 5.75 Å². The van der Waals surface area contributed by atoms with Crippen molar-refractivity contribution in [2.24, 2.45) is 0 Å². The van der Waals surface area contributed by atoms with E-state index in [0.29, 0.717) is 40.4 Å². The van der Waals surface area contributed by atoms with Crippen molar-refractivity contribution in [1.82, 2.24) is 9.80 Å². The van der Waals surface area contributed by atoms with Crippen molar-refractivity contribution >= 4 is 46.1 Å². The van der Waals surface area contributed by atoms with Crippen LogP contribution in [0.4, 0.5) is 5.69 Å². The van der Waals surface area contributed by atoms with Gasteiger partial charge in [-0.25, -0.2) is 0 Å². The van der Waals surface area contributed by atoms with Crippen molar-refractivity contribution in [3.63, 3.8) is 0 Å². The molecule has 1 aromatic heterocycles. The Balaban J connectivity index is 1.27. The SMILES string of the molecule is O=C(c1cc(COc2ccc([N+](=O)[O-])cc2)cs1)N1CCN(Cc2ccc(Cl)c(Cl)c2)CC1. The van der Waals surface area contributed by atoms with Gasteiger partial charge in [0, 0.05) is 50.4 Å². The number of carbonyl (C=O) groups excluding carboxylic acids is 1. The van der Waals surface area contributed by atoms with Gasteiger partial charge in [0.15, 0.2) is 0 Å². The first-order chi connectivity index (χ1) is 15.9. The smallest absolute Gasteiger partial charge is 0.269 e. The number of nitro groups is 1. The first kappa shape index (κ1) is 23.5. The number of hydrogen-bond acceptors (Lipinski definition) is 6. The van der Waals surface area contributed by atoms with Crippen LogP contribution in [0.25, 0.3) is 0 Å². The van der Waals surface area contributed by atoms with Gasteiger partial charge in [-0.3, -0.25) is 19.8 Å². The number of thiophene rings is 1. The average Bonchev–Trinajstić information content (AvgIpc) is 3.29. The van der Waals surface area contributed by atoms with E-state index in [0.717, 1.165) is 30.8 Å². The summed E-state index contributed by atoms with van der Waals surface area (Å²) >= 11 is 13.5. The van der Waals surface area contributed by atoms with E-state index in [1.807, 2.05) is 28.5 Å². The van der Waals surface area contributed by atoms with Gasteiger partial charge in [-0.2, -0.15) is 0 Å². The second-order valence-electron chi connectivity index (χ2n) is 7.68. The molecule has 172 valence electrons. The fourth-order valence-electron chi connectivity index (χ4n) is 3.56. The highest BCUT2D eigenvalue weighted by molar-refractivity contribution is 7.12. The van der Waals surface area contributed by atoms with E-state index in [2.05, 4.69) is 4.90 Å². The first-order valence-electron chi connectivity index (χ1n) is 10.3. The molecule has 0 N–H and O–H groups in total. The van der Waals surface area contributed by atoms with Gasteiger partial charge in [0.2, 0.25) is 0 Å². The maximum absolute atomic E-state index is 12.9. The van der Waals surface area contributed by atoms with Crippen LogP contribution >= 0.6 is 34.5 Å². The molecule has 1 fully saturated rings. The monoisotopic (exact) mass is 505 g/mol. The molecule has 2 aromatic carbocycles. The summed E-state index contributed by atoms with van der Waals surface area (Å²) in [4.78, 5) is 28.0. The molecule has 1 saturated heterocycles. The van der Waals surface area contributed by atoms with Crippen LogP contribution < -0.4 is 4.74 Å². The number of halogens is 2. The van der Waals surface area contributed by atoms with Gasteiger partial charge in [0.25, 0.3) is 11.6 Å². The van der Waals surface area contributed by atoms with Gasteiger partial charge in [0.1, 0.15) is 12.4 Å². The van der Waals surface area contributed by atoms with Gasteiger partial charge in [-0.15, -0.1) is 11.3 Å². The van der Waals surface area contributed by atoms with Crippen LogP contribution in [0.15, 0.2) is 53.9 Å². The highest BCUT2D eigenvalue weighted by Crippen LogP contribution is 2.24. The van der Waals surface area contributed by atoms with Crippen LogP contribution in [-0.2, 0) is 13.2 Å². The molecule has 7 nitrogen and oxygen atoms in total. The molecule has 1 aliphatic heterocycles. The molecule has 0 aliphatic carbocycles. The van der Waals surface area contributed by atoms with Crippen LogP contribution in [0, 0.1) is 10.1 Å². The highest BCUT2D eigenvalue weighted by Gasteiger charge is 2.23. The number of hydrogen-bond donors (Lipinski definition) is 0. The summed E-state index contributed by atoms with van der Waals surface area (Å²) in [6.45, 7) is 3.95. The molecule has 1 amide bonds. The van der Waals surface area contributed by atoms with Crippen molar-refractivity contribution in [1.29, 1.82) is 0 Å². The third-order valence-corrected chi connectivity index (χ3v) is 7.07.